The normalized spacial score (nSPS) is 15.1. The number of piperidine rings is 1. The highest BCUT2D eigenvalue weighted by Gasteiger charge is 2.35. The van der Waals surface area contributed by atoms with E-state index in [1.165, 1.54) is 18.2 Å². The Labute approximate surface area is 185 Å². The van der Waals surface area contributed by atoms with Gasteiger partial charge in [-0.25, -0.2) is 0 Å². The lowest BCUT2D eigenvalue weighted by Gasteiger charge is -2.31. The molecule has 170 valence electrons. The lowest BCUT2D eigenvalue weighted by atomic mass is 9.95. The smallest absolute Gasteiger partial charge is 0.378 e. The molecule has 0 atom stereocenters. The first kappa shape index (κ1) is 23.4. The first-order chi connectivity index (χ1) is 15.1. The van der Waals surface area contributed by atoms with Crippen molar-refractivity contribution in [1.82, 2.24) is 4.90 Å². The standard InChI is InChI=1S/C24H26F3N3O2/c1-29(2)19-9-10-21(20(16-19)24(25,26)27)28-23(32)18-12-14-30(15-13-18)22(31)11-8-17-6-4-3-5-7-17/h3-11,16,18H,12-15H2,1-2H3,(H,28,32)/b11-8+. The Morgan fingerprint density at radius 2 is 1.72 bits per heavy atom. The van der Waals surface area contributed by atoms with Gasteiger partial charge < -0.3 is 15.1 Å². The van der Waals surface area contributed by atoms with Gasteiger partial charge in [0.05, 0.1) is 11.3 Å². The molecule has 0 unspecified atom stereocenters. The highest BCUT2D eigenvalue weighted by Crippen LogP contribution is 2.37. The Balaban J connectivity index is 1.60. The SMILES string of the molecule is CN(C)c1ccc(NC(=O)C2CCN(C(=O)/C=C/c3ccccc3)CC2)c(C(F)(F)F)c1. The predicted molar refractivity (Wildman–Crippen MR) is 119 cm³/mol. The van der Waals surface area contributed by atoms with Crippen LogP contribution in [0.1, 0.15) is 24.0 Å². The monoisotopic (exact) mass is 445 g/mol. The van der Waals surface area contributed by atoms with Crippen LogP contribution in [-0.2, 0) is 15.8 Å². The maximum Gasteiger partial charge on any atom is 0.418 e. The molecule has 1 aliphatic heterocycles. The Morgan fingerprint density at radius 1 is 1.06 bits per heavy atom. The van der Waals surface area contributed by atoms with Crippen molar-refractivity contribution >= 4 is 29.3 Å². The van der Waals surface area contributed by atoms with Gasteiger partial charge in [-0.3, -0.25) is 9.59 Å². The maximum atomic E-state index is 13.5. The van der Waals surface area contributed by atoms with Crippen LogP contribution < -0.4 is 10.2 Å². The Morgan fingerprint density at radius 3 is 2.31 bits per heavy atom. The lowest BCUT2D eigenvalue weighted by molar-refractivity contribution is -0.137. The zero-order valence-electron chi connectivity index (χ0n) is 18.0. The van der Waals surface area contributed by atoms with Crippen molar-refractivity contribution in [3.05, 3.63) is 65.7 Å². The molecule has 0 bridgehead atoms. The van der Waals surface area contributed by atoms with E-state index >= 15 is 0 Å². The van der Waals surface area contributed by atoms with Gasteiger partial charge in [0.1, 0.15) is 0 Å². The number of rotatable bonds is 5. The van der Waals surface area contributed by atoms with Crippen LogP contribution in [0, 0.1) is 5.92 Å². The van der Waals surface area contributed by atoms with E-state index in [9.17, 15) is 22.8 Å². The lowest BCUT2D eigenvalue weighted by Crippen LogP contribution is -2.40. The summed E-state index contributed by atoms with van der Waals surface area (Å²) in [4.78, 5) is 28.3. The number of carbonyl (C=O) groups is 2. The molecule has 1 heterocycles. The molecule has 2 aromatic carbocycles. The second kappa shape index (κ2) is 9.89. The molecule has 2 aromatic rings. The molecular formula is C24H26F3N3O2. The summed E-state index contributed by atoms with van der Waals surface area (Å²) in [5.41, 5.74) is 0.176. The van der Waals surface area contributed by atoms with Crippen LogP contribution in [0.3, 0.4) is 0 Å². The summed E-state index contributed by atoms with van der Waals surface area (Å²) in [5.74, 6) is -1.06. The molecule has 0 aromatic heterocycles. The molecule has 8 heteroatoms. The number of amides is 2. The summed E-state index contributed by atoms with van der Waals surface area (Å²) < 4.78 is 40.5. The van der Waals surface area contributed by atoms with Crippen LogP contribution in [0.5, 0.6) is 0 Å². The van der Waals surface area contributed by atoms with E-state index < -0.39 is 23.6 Å². The summed E-state index contributed by atoms with van der Waals surface area (Å²) in [6.45, 7) is 0.753. The highest BCUT2D eigenvalue weighted by molar-refractivity contribution is 5.94. The number of alkyl halides is 3. The van der Waals surface area contributed by atoms with E-state index in [0.717, 1.165) is 11.6 Å². The largest absolute Gasteiger partial charge is 0.418 e. The minimum absolute atomic E-state index is 0.147. The van der Waals surface area contributed by atoms with E-state index in [1.807, 2.05) is 30.3 Å². The van der Waals surface area contributed by atoms with E-state index in [-0.39, 0.29) is 11.6 Å². The number of carbonyl (C=O) groups excluding carboxylic acids is 2. The molecule has 3 rings (SSSR count). The van der Waals surface area contributed by atoms with Crippen molar-refractivity contribution in [1.29, 1.82) is 0 Å². The fourth-order valence-electron chi connectivity index (χ4n) is 3.59. The van der Waals surface area contributed by atoms with Crippen LogP contribution in [0.25, 0.3) is 6.08 Å². The van der Waals surface area contributed by atoms with E-state index in [2.05, 4.69) is 5.32 Å². The van der Waals surface area contributed by atoms with Gasteiger partial charge in [-0.2, -0.15) is 13.2 Å². The molecule has 5 nitrogen and oxygen atoms in total. The van der Waals surface area contributed by atoms with Crippen LogP contribution >= 0.6 is 0 Å². The highest BCUT2D eigenvalue weighted by atomic mass is 19.4. The molecule has 2 amide bonds. The van der Waals surface area contributed by atoms with Gasteiger partial charge in [-0.05, 0) is 42.7 Å². The van der Waals surface area contributed by atoms with Crippen molar-refractivity contribution < 1.29 is 22.8 Å². The van der Waals surface area contributed by atoms with Crippen molar-refractivity contribution in [3.63, 3.8) is 0 Å². The average Bonchev–Trinajstić information content (AvgIpc) is 2.77. The fraction of sp³-hybridized carbons (Fsp3) is 0.333. The van der Waals surface area contributed by atoms with Crippen molar-refractivity contribution in [2.45, 2.75) is 19.0 Å². The molecule has 32 heavy (non-hydrogen) atoms. The summed E-state index contributed by atoms with van der Waals surface area (Å²) in [6.07, 6.45) is -0.563. The van der Waals surface area contributed by atoms with Crippen molar-refractivity contribution in [3.8, 4) is 0 Å². The van der Waals surface area contributed by atoms with E-state index in [0.29, 0.717) is 31.6 Å². The van der Waals surface area contributed by atoms with Crippen LogP contribution in [0.15, 0.2) is 54.6 Å². The van der Waals surface area contributed by atoms with Gasteiger partial charge in [0, 0.05) is 44.9 Å². The topological polar surface area (TPSA) is 52.7 Å². The van der Waals surface area contributed by atoms with Crippen LogP contribution in [-0.4, -0.2) is 43.9 Å². The number of hydrogen-bond donors (Lipinski definition) is 1. The van der Waals surface area contributed by atoms with Crippen LogP contribution in [0.2, 0.25) is 0 Å². The first-order valence-corrected chi connectivity index (χ1v) is 10.4. The van der Waals surface area contributed by atoms with Crippen LogP contribution in [0.4, 0.5) is 24.5 Å². The molecule has 0 radical (unpaired) electrons. The van der Waals surface area contributed by atoms with Gasteiger partial charge in [0.25, 0.3) is 0 Å². The summed E-state index contributed by atoms with van der Waals surface area (Å²) in [5, 5.41) is 2.45. The predicted octanol–water partition coefficient (Wildman–Crippen LogP) is 4.66. The van der Waals surface area contributed by atoms with E-state index in [1.54, 1.807) is 30.0 Å². The van der Waals surface area contributed by atoms with E-state index in [4.69, 9.17) is 0 Å². The second-order valence-electron chi connectivity index (χ2n) is 7.95. The van der Waals surface area contributed by atoms with Gasteiger partial charge in [0.2, 0.25) is 11.8 Å². The van der Waals surface area contributed by atoms with Crippen molar-refractivity contribution in [2.24, 2.45) is 5.92 Å². The second-order valence-corrected chi connectivity index (χ2v) is 7.95. The third kappa shape index (κ3) is 5.90. The molecule has 1 saturated heterocycles. The molecule has 1 aliphatic rings. The fourth-order valence-corrected chi connectivity index (χ4v) is 3.59. The number of hydrogen-bond acceptors (Lipinski definition) is 3. The Kier molecular flexibility index (Phi) is 7.22. The van der Waals surface area contributed by atoms with Gasteiger partial charge in [-0.1, -0.05) is 30.3 Å². The minimum Gasteiger partial charge on any atom is -0.378 e. The summed E-state index contributed by atoms with van der Waals surface area (Å²) >= 11 is 0. The Hall–Kier alpha value is -3.29. The molecule has 0 spiro atoms. The van der Waals surface area contributed by atoms with Gasteiger partial charge in [-0.15, -0.1) is 0 Å². The molecule has 1 N–H and O–H groups in total. The summed E-state index contributed by atoms with van der Waals surface area (Å²) in [6, 6.07) is 13.3. The number of nitrogens with zero attached hydrogens (tertiary/aromatic N) is 2. The quantitative estimate of drug-likeness (QED) is 0.681. The zero-order valence-corrected chi connectivity index (χ0v) is 18.0. The average molecular weight is 445 g/mol. The van der Waals surface area contributed by atoms with Crippen molar-refractivity contribution in [2.75, 3.05) is 37.4 Å². The third-order valence-electron chi connectivity index (χ3n) is 5.48. The summed E-state index contributed by atoms with van der Waals surface area (Å²) in [7, 11) is 3.30. The molecule has 0 saturated carbocycles. The van der Waals surface area contributed by atoms with Gasteiger partial charge >= 0.3 is 6.18 Å². The molecular weight excluding hydrogens is 419 g/mol. The number of halogens is 3. The minimum atomic E-state index is -4.59. The Bertz CT molecular complexity index is 980. The number of anilines is 2. The zero-order chi connectivity index (χ0) is 23.3. The first-order valence-electron chi connectivity index (χ1n) is 10.4. The molecule has 0 aliphatic carbocycles. The third-order valence-corrected chi connectivity index (χ3v) is 5.48. The number of likely N-dealkylation sites (tertiary alicyclic amines) is 1. The van der Waals surface area contributed by atoms with Gasteiger partial charge in [0.15, 0.2) is 0 Å². The maximum absolute atomic E-state index is 13.5. The number of benzene rings is 2. The molecule has 1 fully saturated rings. The number of nitrogens with one attached hydrogen (secondary N) is 1.